The number of hydrogen-bond acceptors (Lipinski definition) is 5. The van der Waals surface area contributed by atoms with E-state index < -0.39 is 0 Å². The molecule has 2 N–H and O–H groups in total. The highest BCUT2D eigenvalue weighted by Crippen LogP contribution is 2.22. The van der Waals surface area contributed by atoms with Gasteiger partial charge in [0.15, 0.2) is 0 Å². The highest BCUT2D eigenvalue weighted by Gasteiger charge is 2.09. The summed E-state index contributed by atoms with van der Waals surface area (Å²) in [5, 5.41) is 16.5. The van der Waals surface area contributed by atoms with Crippen LogP contribution in [0.15, 0.2) is 65.8 Å². The number of nitrogens with zero attached hydrogens (tertiary/aromatic N) is 3. The molecule has 1 amide bonds. The second-order valence-electron chi connectivity index (χ2n) is 6.23. The van der Waals surface area contributed by atoms with Crippen LogP contribution in [0.5, 0.6) is 0 Å². The third-order valence-corrected chi connectivity index (χ3v) is 4.05. The second kappa shape index (κ2) is 8.60. The number of carbonyl (C=O) groups excluding carboxylic acids is 1. The molecule has 0 aliphatic rings. The molecular formula is C22H19N5O. The largest absolute Gasteiger partial charge is 0.339 e. The van der Waals surface area contributed by atoms with E-state index in [1.807, 2.05) is 50.2 Å². The van der Waals surface area contributed by atoms with Crippen LogP contribution in [0, 0.1) is 25.2 Å². The van der Waals surface area contributed by atoms with Gasteiger partial charge in [0.05, 0.1) is 11.8 Å². The third-order valence-electron chi connectivity index (χ3n) is 4.05. The normalized spacial score (nSPS) is 10.5. The van der Waals surface area contributed by atoms with Crippen LogP contribution in [0.3, 0.4) is 0 Å². The molecule has 3 rings (SSSR count). The minimum atomic E-state index is -0.305. The predicted molar refractivity (Wildman–Crippen MR) is 110 cm³/mol. The van der Waals surface area contributed by atoms with E-state index in [0.717, 1.165) is 22.5 Å². The van der Waals surface area contributed by atoms with Gasteiger partial charge in [-0.3, -0.25) is 4.79 Å². The molecule has 0 atom stereocenters. The zero-order valence-corrected chi connectivity index (χ0v) is 15.6. The molecule has 2 aromatic carbocycles. The van der Waals surface area contributed by atoms with Crippen LogP contribution in [-0.2, 0) is 0 Å². The number of hydrogen-bond donors (Lipinski definition) is 2. The summed E-state index contributed by atoms with van der Waals surface area (Å²) in [5.41, 5.74) is 6.81. The number of aryl methyl sites for hydroxylation is 2. The van der Waals surface area contributed by atoms with Crippen LogP contribution in [0.2, 0.25) is 0 Å². The van der Waals surface area contributed by atoms with E-state index in [0.29, 0.717) is 16.9 Å². The van der Waals surface area contributed by atoms with E-state index in [4.69, 9.17) is 0 Å². The van der Waals surface area contributed by atoms with E-state index >= 15 is 0 Å². The van der Waals surface area contributed by atoms with Crippen molar-refractivity contribution in [3.63, 3.8) is 0 Å². The summed E-state index contributed by atoms with van der Waals surface area (Å²) in [5.74, 6) is 0.200. The van der Waals surface area contributed by atoms with E-state index in [1.54, 1.807) is 30.5 Å². The summed E-state index contributed by atoms with van der Waals surface area (Å²) < 4.78 is 0. The topological polar surface area (TPSA) is 90.2 Å². The first-order valence-electron chi connectivity index (χ1n) is 8.70. The Balaban J connectivity index is 1.68. The number of rotatable bonds is 5. The van der Waals surface area contributed by atoms with Crippen molar-refractivity contribution in [1.82, 2.24) is 10.4 Å². The van der Waals surface area contributed by atoms with Gasteiger partial charge in [0.25, 0.3) is 5.91 Å². The van der Waals surface area contributed by atoms with Crippen LogP contribution in [0.1, 0.15) is 32.7 Å². The molecule has 6 heteroatoms. The average Bonchev–Trinajstić information content (AvgIpc) is 2.69. The van der Waals surface area contributed by atoms with Crippen LogP contribution < -0.4 is 10.7 Å². The van der Waals surface area contributed by atoms with E-state index in [2.05, 4.69) is 26.9 Å². The number of nitrogens with one attached hydrogen (secondary N) is 2. The summed E-state index contributed by atoms with van der Waals surface area (Å²) in [6.07, 6.45) is 1.59. The molecule has 0 unspecified atom stereocenters. The van der Waals surface area contributed by atoms with Crippen molar-refractivity contribution in [3.05, 3.63) is 88.6 Å². The zero-order valence-electron chi connectivity index (χ0n) is 15.6. The first-order chi connectivity index (χ1) is 13.6. The summed E-state index contributed by atoms with van der Waals surface area (Å²) in [7, 11) is 0. The van der Waals surface area contributed by atoms with Gasteiger partial charge in [-0.2, -0.15) is 10.4 Å². The molecule has 0 saturated carbocycles. The molecule has 0 aliphatic carbocycles. The van der Waals surface area contributed by atoms with Crippen LogP contribution in [-0.4, -0.2) is 17.1 Å². The fourth-order valence-corrected chi connectivity index (χ4v) is 2.68. The number of benzene rings is 2. The zero-order chi connectivity index (χ0) is 19.9. The summed E-state index contributed by atoms with van der Waals surface area (Å²) >= 11 is 0. The van der Waals surface area contributed by atoms with Crippen LogP contribution >= 0.6 is 0 Å². The maximum Gasteiger partial charge on any atom is 0.271 e. The number of nitriles is 1. The van der Waals surface area contributed by atoms with Crippen LogP contribution in [0.25, 0.3) is 0 Å². The van der Waals surface area contributed by atoms with Gasteiger partial charge in [-0.25, -0.2) is 10.4 Å². The van der Waals surface area contributed by atoms with Crippen molar-refractivity contribution >= 4 is 23.6 Å². The number of aromatic nitrogens is 1. The lowest BCUT2D eigenvalue weighted by molar-refractivity contribution is 0.0955. The summed E-state index contributed by atoms with van der Waals surface area (Å²) in [6, 6.07) is 20.4. The Morgan fingerprint density at radius 3 is 2.50 bits per heavy atom. The standard InChI is InChI=1S/C22H19N5O/c1-15-12-16(2)25-21(20(15)13-23)26-19-10-8-18(9-11-19)22(28)27-24-14-17-6-4-3-5-7-17/h3-12,14H,1-2H3,(H,25,26)(H,27,28). The smallest absolute Gasteiger partial charge is 0.271 e. The lowest BCUT2D eigenvalue weighted by Gasteiger charge is -2.10. The number of amides is 1. The first kappa shape index (κ1) is 18.8. The fourth-order valence-electron chi connectivity index (χ4n) is 2.68. The van der Waals surface area contributed by atoms with Gasteiger partial charge in [-0.15, -0.1) is 0 Å². The molecule has 3 aromatic rings. The quantitative estimate of drug-likeness (QED) is 0.524. The lowest BCUT2D eigenvalue weighted by Crippen LogP contribution is -2.17. The first-order valence-corrected chi connectivity index (χ1v) is 8.70. The number of anilines is 2. The SMILES string of the molecule is Cc1cc(C)c(C#N)c(Nc2ccc(C(=O)NN=Cc3ccccc3)cc2)n1. The fraction of sp³-hybridized carbons (Fsp3) is 0.0909. The van der Waals surface area contributed by atoms with Gasteiger partial charge in [0.2, 0.25) is 0 Å². The van der Waals surface area contributed by atoms with Gasteiger partial charge in [0, 0.05) is 16.9 Å². The maximum atomic E-state index is 12.2. The number of hydrazone groups is 1. The Bertz CT molecular complexity index is 1050. The van der Waals surface area contributed by atoms with Crippen molar-refractivity contribution in [2.24, 2.45) is 5.10 Å². The van der Waals surface area contributed by atoms with Gasteiger partial charge >= 0.3 is 0 Å². The molecule has 1 heterocycles. The van der Waals surface area contributed by atoms with E-state index in [1.165, 1.54) is 0 Å². The Kier molecular flexibility index (Phi) is 5.78. The van der Waals surface area contributed by atoms with Crippen molar-refractivity contribution in [1.29, 1.82) is 5.26 Å². The van der Waals surface area contributed by atoms with E-state index in [-0.39, 0.29) is 5.91 Å². The predicted octanol–water partition coefficient (Wildman–Crippen LogP) is 4.08. The monoisotopic (exact) mass is 369 g/mol. The van der Waals surface area contributed by atoms with Crippen molar-refractivity contribution in [2.75, 3.05) is 5.32 Å². The highest BCUT2D eigenvalue weighted by atomic mass is 16.2. The van der Waals surface area contributed by atoms with Gasteiger partial charge in [-0.05, 0) is 55.3 Å². The Morgan fingerprint density at radius 1 is 1.11 bits per heavy atom. The third kappa shape index (κ3) is 4.59. The second-order valence-corrected chi connectivity index (χ2v) is 6.23. The Labute approximate surface area is 163 Å². The van der Waals surface area contributed by atoms with Crippen molar-refractivity contribution in [2.45, 2.75) is 13.8 Å². The molecule has 0 bridgehead atoms. The molecule has 0 radical (unpaired) electrons. The molecular weight excluding hydrogens is 350 g/mol. The van der Waals surface area contributed by atoms with Crippen molar-refractivity contribution in [3.8, 4) is 6.07 Å². The molecule has 0 fully saturated rings. The maximum absolute atomic E-state index is 12.2. The Hall–Kier alpha value is -3.98. The van der Waals surface area contributed by atoms with Gasteiger partial charge in [0.1, 0.15) is 11.9 Å². The molecule has 0 spiro atoms. The highest BCUT2D eigenvalue weighted by molar-refractivity contribution is 5.95. The van der Waals surface area contributed by atoms with Crippen molar-refractivity contribution < 1.29 is 4.79 Å². The number of carbonyl (C=O) groups is 1. The minimum absolute atomic E-state index is 0.305. The molecule has 0 aliphatic heterocycles. The number of pyridine rings is 1. The molecule has 0 saturated heterocycles. The lowest BCUT2D eigenvalue weighted by atomic mass is 10.1. The molecule has 28 heavy (non-hydrogen) atoms. The summed E-state index contributed by atoms with van der Waals surface area (Å²) in [6.45, 7) is 3.75. The molecule has 6 nitrogen and oxygen atoms in total. The average molecular weight is 369 g/mol. The Morgan fingerprint density at radius 2 is 1.82 bits per heavy atom. The molecule has 1 aromatic heterocycles. The van der Waals surface area contributed by atoms with Crippen LogP contribution in [0.4, 0.5) is 11.5 Å². The molecule has 138 valence electrons. The van der Waals surface area contributed by atoms with Gasteiger partial charge < -0.3 is 5.32 Å². The summed E-state index contributed by atoms with van der Waals surface area (Å²) in [4.78, 5) is 16.6. The van der Waals surface area contributed by atoms with Gasteiger partial charge in [-0.1, -0.05) is 30.3 Å². The minimum Gasteiger partial charge on any atom is -0.339 e. The van der Waals surface area contributed by atoms with E-state index in [9.17, 15) is 10.1 Å².